The van der Waals surface area contributed by atoms with Crippen LogP contribution in [-0.4, -0.2) is 27.5 Å². The lowest BCUT2D eigenvalue weighted by molar-refractivity contribution is -0.145. The molecular weight excluding hydrogens is 311 g/mol. The number of nitrogens with one attached hydrogen (secondary N) is 1. The van der Waals surface area contributed by atoms with Gasteiger partial charge in [0.25, 0.3) is 5.91 Å². The van der Waals surface area contributed by atoms with Crippen LogP contribution in [0.3, 0.4) is 0 Å². The fourth-order valence-corrected chi connectivity index (χ4v) is 1.79. The van der Waals surface area contributed by atoms with Crippen molar-refractivity contribution in [2.45, 2.75) is 19.2 Å². The molecule has 0 fully saturated rings. The number of carbonyl (C=O) groups is 1. The van der Waals surface area contributed by atoms with Crippen molar-refractivity contribution >= 4 is 5.91 Å². The van der Waals surface area contributed by atoms with Crippen LogP contribution in [0.2, 0.25) is 0 Å². The van der Waals surface area contributed by atoms with Gasteiger partial charge in [0.15, 0.2) is 0 Å². The minimum absolute atomic E-state index is 0.0804. The number of amides is 1. The van der Waals surface area contributed by atoms with Crippen LogP contribution in [0, 0.1) is 6.92 Å². The molecule has 0 aliphatic rings. The minimum atomic E-state index is -4.66. The molecule has 1 atom stereocenters. The molecule has 1 aromatic heterocycles. The van der Waals surface area contributed by atoms with Crippen molar-refractivity contribution in [3.05, 3.63) is 59.2 Å². The van der Waals surface area contributed by atoms with Gasteiger partial charge in [-0.1, -0.05) is 29.8 Å². The Morgan fingerprint density at radius 3 is 2.30 bits per heavy atom. The van der Waals surface area contributed by atoms with Crippen LogP contribution in [0.4, 0.5) is 13.2 Å². The summed E-state index contributed by atoms with van der Waals surface area (Å²) in [7, 11) is 0. The Morgan fingerprint density at radius 1 is 1.22 bits per heavy atom. The number of rotatable bonds is 4. The van der Waals surface area contributed by atoms with Gasteiger partial charge in [0.1, 0.15) is 0 Å². The lowest BCUT2D eigenvalue weighted by Gasteiger charge is -2.12. The average molecular weight is 325 g/mol. The molecule has 5 nitrogen and oxygen atoms in total. The van der Waals surface area contributed by atoms with E-state index >= 15 is 0 Å². The minimum Gasteiger partial charge on any atom is -0.387 e. The number of hydrogen-bond donors (Lipinski definition) is 2. The van der Waals surface area contributed by atoms with E-state index in [0.717, 1.165) is 18.0 Å². The molecule has 0 radical (unpaired) electrons. The fraction of sp³-hybridized carbons (Fsp3) is 0.267. The molecule has 1 aromatic carbocycles. The van der Waals surface area contributed by atoms with Crippen LogP contribution < -0.4 is 5.32 Å². The topological polar surface area (TPSA) is 75.1 Å². The molecule has 0 unspecified atom stereocenters. The molecule has 0 saturated carbocycles. The van der Waals surface area contributed by atoms with Crippen molar-refractivity contribution in [3.8, 4) is 0 Å². The predicted molar refractivity (Wildman–Crippen MR) is 75.5 cm³/mol. The van der Waals surface area contributed by atoms with Gasteiger partial charge in [0.05, 0.1) is 11.7 Å². The summed E-state index contributed by atoms with van der Waals surface area (Å²) in [5.74, 6) is -1.97. The third-order valence-corrected chi connectivity index (χ3v) is 3.09. The molecule has 2 aromatic rings. The zero-order valence-corrected chi connectivity index (χ0v) is 12.1. The third-order valence-electron chi connectivity index (χ3n) is 3.09. The summed E-state index contributed by atoms with van der Waals surface area (Å²) in [6.45, 7) is 1.82. The van der Waals surface area contributed by atoms with Crippen LogP contribution in [0.1, 0.15) is 33.4 Å². The lowest BCUT2D eigenvalue weighted by atomic mass is 10.1. The first-order valence-corrected chi connectivity index (χ1v) is 6.69. The Hall–Kier alpha value is -2.48. The van der Waals surface area contributed by atoms with Gasteiger partial charge in [-0.2, -0.15) is 13.2 Å². The van der Waals surface area contributed by atoms with E-state index in [1.54, 1.807) is 12.1 Å². The number of carbonyl (C=O) groups excluding carboxylic acids is 1. The van der Waals surface area contributed by atoms with Gasteiger partial charge in [-0.3, -0.25) is 4.79 Å². The predicted octanol–water partition coefficient (Wildman–Crippen LogP) is 2.27. The van der Waals surface area contributed by atoms with Gasteiger partial charge in [0, 0.05) is 18.9 Å². The van der Waals surface area contributed by atoms with Crippen LogP contribution >= 0.6 is 0 Å². The standard InChI is InChI=1S/C15H14F3N3O2/c1-9-2-4-10(5-3-9)12(22)8-19-13(23)11-6-20-14(21-7-11)15(16,17)18/h2-7,12,22H,8H2,1H3,(H,19,23)/t12-/m0/s1. The fourth-order valence-electron chi connectivity index (χ4n) is 1.79. The molecule has 2 rings (SSSR count). The maximum absolute atomic E-state index is 12.3. The molecule has 23 heavy (non-hydrogen) atoms. The van der Waals surface area contributed by atoms with Gasteiger partial charge < -0.3 is 10.4 Å². The van der Waals surface area contributed by atoms with E-state index in [-0.39, 0.29) is 12.1 Å². The van der Waals surface area contributed by atoms with Crippen molar-refractivity contribution in [2.75, 3.05) is 6.54 Å². The monoisotopic (exact) mass is 325 g/mol. The SMILES string of the molecule is Cc1ccc([C@@H](O)CNC(=O)c2cnc(C(F)(F)F)nc2)cc1. The van der Waals surface area contributed by atoms with E-state index in [2.05, 4.69) is 15.3 Å². The quantitative estimate of drug-likeness (QED) is 0.904. The van der Waals surface area contributed by atoms with E-state index in [0.29, 0.717) is 5.56 Å². The Labute approximate surface area is 130 Å². The Kier molecular flexibility index (Phi) is 4.95. The number of aromatic nitrogens is 2. The average Bonchev–Trinajstić information content (AvgIpc) is 2.52. The summed E-state index contributed by atoms with van der Waals surface area (Å²) in [4.78, 5) is 18.0. The number of aliphatic hydroxyl groups is 1. The molecule has 0 aliphatic heterocycles. The van der Waals surface area contributed by atoms with Crippen molar-refractivity contribution in [1.82, 2.24) is 15.3 Å². The first kappa shape index (κ1) is 16.9. The van der Waals surface area contributed by atoms with Crippen molar-refractivity contribution in [2.24, 2.45) is 0 Å². The van der Waals surface area contributed by atoms with Gasteiger partial charge in [-0.25, -0.2) is 9.97 Å². The van der Waals surface area contributed by atoms with Crippen LogP contribution in [-0.2, 0) is 6.18 Å². The molecule has 8 heteroatoms. The third kappa shape index (κ3) is 4.49. The zero-order chi connectivity index (χ0) is 17.0. The van der Waals surface area contributed by atoms with E-state index in [1.165, 1.54) is 0 Å². The second-order valence-electron chi connectivity index (χ2n) is 4.93. The smallest absolute Gasteiger partial charge is 0.387 e. The van der Waals surface area contributed by atoms with E-state index < -0.39 is 24.0 Å². The van der Waals surface area contributed by atoms with Crippen molar-refractivity contribution in [3.63, 3.8) is 0 Å². The van der Waals surface area contributed by atoms with E-state index in [1.807, 2.05) is 19.1 Å². The molecule has 122 valence electrons. The van der Waals surface area contributed by atoms with Crippen molar-refractivity contribution < 1.29 is 23.1 Å². The molecule has 2 N–H and O–H groups in total. The first-order chi connectivity index (χ1) is 10.8. The van der Waals surface area contributed by atoms with E-state index in [4.69, 9.17) is 0 Å². The second-order valence-corrected chi connectivity index (χ2v) is 4.93. The Bertz CT molecular complexity index is 670. The molecule has 0 spiro atoms. The summed E-state index contributed by atoms with van der Waals surface area (Å²) >= 11 is 0. The Balaban J connectivity index is 1.95. The first-order valence-electron chi connectivity index (χ1n) is 6.69. The van der Waals surface area contributed by atoms with Gasteiger partial charge in [0.2, 0.25) is 5.82 Å². The second kappa shape index (κ2) is 6.74. The highest BCUT2D eigenvalue weighted by Crippen LogP contribution is 2.25. The lowest BCUT2D eigenvalue weighted by Crippen LogP contribution is -2.28. The number of aliphatic hydroxyl groups excluding tert-OH is 1. The van der Waals surface area contributed by atoms with Crippen LogP contribution in [0.25, 0.3) is 0 Å². The maximum Gasteiger partial charge on any atom is 0.451 e. The van der Waals surface area contributed by atoms with Gasteiger partial charge in [-0.15, -0.1) is 0 Å². The molecule has 1 amide bonds. The zero-order valence-electron chi connectivity index (χ0n) is 12.1. The number of nitrogens with zero attached hydrogens (tertiary/aromatic N) is 2. The summed E-state index contributed by atoms with van der Waals surface area (Å²) < 4.78 is 37.0. The highest BCUT2D eigenvalue weighted by atomic mass is 19.4. The van der Waals surface area contributed by atoms with Crippen LogP contribution in [0.5, 0.6) is 0 Å². The Morgan fingerprint density at radius 2 is 1.78 bits per heavy atom. The van der Waals surface area contributed by atoms with Gasteiger partial charge in [-0.05, 0) is 12.5 Å². The number of benzene rings is 1. The molecule has 0 aliphatic carbocycles. The summed E-state index contributed by atoms with van der Waals surface area (Å²) in [5, 5.41) is 12.4. The molecule has 1 heterocycles. The number of alkyl halides is 3. The van der Waals surface area contributed by atoms with Crippen molar-refractivity contribution in [1.29, 1.82) is 0 Å². The van der Waals surface area contributed by atoms with E-state index in [9.17, 15) is 23.1 Å². The number of halogens is 3. The summed E-state index contributed by atoms with van der Waals surface area (Å²) in [6.07, 6.45) is -3.99. The van der Waals surface area contributed by atoms with Gasteiger partial charge >= 0.3 is 6.18 Å². The number of aryl methyl sites for hydroxylation is 1. The molecule has 0 bridgehead atoms. The molecular formula is C15H14F3N3O2. The normalized spacial score (nSPS) is 12.7. The summed E-state index contributed by atoms with van der Waals surface area (Å²) in [5.41, 5.74) is 1.54. The van der Waals surface area contributed by atoms with Crippen LogP contribution in [0.15, 0.2) is 36.7 Å². The summed E-state index contributed by atoms with van der Waals surface area (Å²) in [6, 6.07) is 7.11. The number of hydrogen-bond acceptors (Lipinski definition) is 4. The largest absolute Gasteiger partial charge is 0.451 e. The highest BCUT2D eigenvalue weighted by molar-refractivity contribution is 5.93. The molecule has 0 saturated heterocycles. The maximum atomic E-state index is 12.3. The highest BCUT2D eigenvalue weighted by Gasteiger charge is 2.34.